The van der Waals surface area contributed by atoms with Gasteiger partial charge in [0.15, 0.2) is 0 Å². The van der Waals surface area contributed by atoms with Gasteiger partial charge in [-0.2, -0.15) is 0 Å². The fourth-order valence-electron chi connectivity index (χ4n) is 2.22. The van der Waals surface area contributed by atoms with Crippen molar-refractivity contribution >= 4 is 0 Å². The number of aryl methyl sites for hydroxylation is 3. The number of para-hydroxylation sites is 1. The third kappa shape index (κ3) is 3.58. The highest BCUT2D eigenvalue weighted by Gasteiger charge is 2.08. The van der Waals surface area contributed by atoms with Gasteiger partial charge in [-0.25, -0.2) is 0 Å². The van der Waals surface area contributed by atoms with Crippen LogP contribution in [0.3, 0.4) is 0 Å². The van der Waals surface area contributed by atoms with Gasteiger partial charge in [0.25, 0.3) is 0 Å². The highest BCUT2D eigenvalue weighted by atomic mass is 16.5. The summed E-state index contributed by atoms with van der Waals surface area (Å²) in [7, 11) is 0. The van der Waals surface area contributed by atoms with E-state index < -0.39 is 0 Å². The lowest BCUT2D eigenvalue weighted by Crippen LogP contribution is -2.19. The molecule has 0 saturated carbocycles. The van der Waals surface area contributed by atoms with Crippen LogP contribution in [0, 0.1) is 20.8 Å². The normalized spacial score (nSPS) is 12.2. The first-order valence-electron chi connectivity index (χ1n) is 6.58. The summed E-state index contributed by atoms with van der Waals surface area (Å²) >= 11 is 0. The quantitative estimate of drug-likeness (QED) is 0.904. The van der Waals surface area contributed by atoms with Crippen molar-refractivity contribution in [1.82, 2.24) is 0 Å². The minimum Gasteiger partial charge on any atom is -0.491 e. The van der Waals surface area contributed by atoms with E-state index in [1.165, 1.54) is 11.1 Å². The molecule has 0 bridgehead atoms. The van der Waals surface area contributed by atoms with Crippen LogP contribution in [-0.4, -0.2) is 6.61 Å². The van der Waals surface area contributed by atoms with Gasteiger partial charge in [0.1, 0.15) is 12.4 Å². The molecule has 0 saturated heterocycles. The summed E-state index contributed by atoms with van der Waals surface area (Å²) in [6.45, 7) is 6.71. The van der Waals surface area contributed by atoms with E-state index in [1.807, 2.05) is 31.2 Å². The molecule has 0 aromatic heterocycles. The molecule has 1 unspecified atom stereocenters. The topological polar surface area (TPSA) is 35.2 Å². The zero-order valence-electron chi connectivity index (χ0n) is 11.8. The predicted molar refractivity (Wildman–Crippen MR) is 79.5 cm³/mol. The number of benzene rings is 2. The Hall–Kier alpha value is -1.80. The van der Waals surface area contributed by atoms with Crippen LogP contribution < -0.4 is 10.5 Å². The van der Waals surface area contributed by atoms with E-state index >= 15 is 0 Å². The maximum atomic E-state index is 6.21. The van der Waals surface area contributed by atoms with Crippen LogP contribution in [0.25, 0.3) is 0 Å². The summed E-state index contributed by atoms with van der Waals surface area (Å²) in [6, 6.07) is 14.3. The van der Waals surface area contributed by atoms with Gasteiger partial charge in [0.2, 0.25) is 0 Å². The smallest absolute Gasteiger partial charge is 0.122 e. The van der Waals surface area contributed by atoms with Crippen LogP contribution in [0.1, 0.15) is 28.3 Å². The Balaban J connectivity index is 2.05. The molecular formula is C17H21NO. The number of nitrogens with two attached hydrogens (primary N) is 1. The summed E-state index contributed by atoms with van der Waals surface area (Å²) in [5, 5.41) is 0. The largest absolute Gasteiger partial charge is 0.491 e. The van der Waals surface area contributed by atoms with Crippen molar-refractivity contribution in [2.24, 2.45) is 5.73 Å². The summed E-state index contributed by atoms with van der Waals surface area (Å²) in [6.07, 6.45) is 0. The average Bonchev–Trinajstić information content (AvgIpc) is 2.36. The molecule has 1 atom stereocenters. The Morgan fingerprint density at radius 3 is 2.26 bits per heavy atom. The Morgan fingerprint density at radius 1 is 1.00 bits per heavy atom. The van der Waals surface area contributed by atoms with Gasteiger partial charge in [-0.1, -0.05) is 47.5 Å². The minimum absolute atomic E-state index is 0.0989. The van der Waals surface area contributed by atoms with Crippen LogP contribution in [0.5, 0.6) is 5.75 Å². The van der Waals surface area contributed by atoms with E-state index in [4.69, 9.17) is 10.5 Å². The average molecular weight is 255 g/mol. The van der Waals surface area contributed by atoms with Crippen molar-refractivity contribution in [2.45, 2.75) is 26.8 Å². The van der Waals surface area contributed by atoms with Crippen LogP contribution in [0.15, 0.2) is 42.5 Å². The van der Waals surface area contributed by atoms with Gasteiger partial charge in [-0.3, -0.25) is 0 Å². The third-order valence-electron chi connectivity index (χ3n) is 3.18. The van der Waals surface area contributed by atoms with Crippen molar-refractivity contribution < 1.29 is 4.74 Å². The van der Waals surface area contributed by atoms with Crippen molar-refractivity contribution in [3.8, 4) is 5.75 Å². The second-order valence-corrected chi connectivity index (χ2v) is 5.10. The van der Waals surface area contributed by atoms with Crippen LogP contribution in [0.4, 0.5) is 0 Å². The second kappa shape index (κ2) is 5.89. The summed E-state index contributed by atoms with van der Waals surface area (Å²) in [5.74, 6) is 0.905. The van der Waals surface area contributed by atoms with Crippen molar-refractivity contribution in [1.29, 1.82) is 0 Å². The molecule has 19 heavy (non-hydrogen) atoms. The van der Waals surface area contributed by atoms with Gasteiger partial charge in [-0.05, 0) is 38.0 Å². The fourth-order valence-corrected chi connectivity index (χ4v) is 2.22. The maximum Gasteiger partial charge on any atom is 0.122 e. The molecule has 0 aliphatic carbocycles. The van der Waals surface area contributed by atoms with Crippen LogP contribution in [0.2, 0.25) is 0 Å². The Labute approximate surface area is 115 Å². The molecular weight excluding hydrogens is 234 g/mol. The molecule has 2 aromatic carbocycles. The third-order valence-corrected chi connectivity index (χ3v) is 3.18. The van der Waals surface area contributed by atoms with Gasteiger partial charge < -0.3 is 10.5 Å². The molecule has 2 aromatic rings. The SMILES string of the molecule is Cc1cc(C)cc(C(N)COc2ccccc2C)c1. The first-order valence-corrected chi connectivity index (χ1v) is 6.58. The van der Waals surface area contributed by atoms with Gasteiger partial charge >= 0.3 is 0 Å². The molecule has 0 radical (unpaired) electrons. The van der Waals surface area contributed by atoms with E-state index in [9.17, 15) is 0 Å². The van der Waals surface area contributed by atoms with E-state index in [-0.39, 0.29) is 6.04 Å². The van der Waals surface area contributed by atoms with Gasteiger partial charge in [-0.15, -0.1) is 0 Å². The maximum absolute atomic E-state index is 6.21. The van der Waals surface area contributed by atoms with E-state index in [0.29, 0.717) is 6.61 Å². The Bertz CT molecular complexity index is 543. The summed E-state index contributed by atoms with van der Waals surface area (Å²) in [4.78, 5) is 0. The van der Waals surface area contributed by atoms with Gasteiger partial charge in [0, 0.05) is 0 Å². The highest BCUT2D eigenvalue weighted by molar-refractivity contribution is 5.33. The molecule has 0 amide bonds. The number of hydrogen-bond donors (Lipinski definition) is 1. The molecule has 2 N–H and O–H groups in total. The number of ether oxygens (including phenoxy) is 1. The zero-order chi connectivity index (χ0) is 13.8. The van der Waals surface area contributed by atoms with Crippen molar-refractivity contribution in [2.75, 3.05) is 6.61 Å². The van der Waals surface area contributed by atoms with Gasteiger partial charge in [0.05, 0.1) is 6.04 Å². The lowest BCUT2D eigenvalue weighted by atomic mass is 10.0. The Morgan fingerprint density at radius 2 is 1.63 bits per heavy atom. The first-order chi connectivity index (χ1) is 9.06. The zero-order valence-corrected chi connectivity index (χ0v) is 11.8. The molecule has 0 spiro atoms. The monoisotopic (exact) mass is 255 g/mol. The van der Waals surface area contributed by atoms with E-state index in [2.05, 4.69) is 32.0 Å². The van der Waals surface area contributed by atoms with Crippen LogP contribution in [-0.2, 0) is 0 Å². The fraction of sp³-hybridized carbons (Fsp3) is 0.294. The molecule has 2 rings (SSSR count). The second-order valence-electron chi connectivity index (χ2n) is 5.10. The summed E-state index contributed by atoms with van der Waals surface area (Å²) in [5.41, 5.74) is 10.9. The molecule has 100 valence electrons. The van der Waals surface area contributed by atoms with Crippen molar-refractivity contribution in [3.63, 3.8) is 0 Å². The lowest BCUT2D eigenvalue weighted by molar-refractivity contribution is 0.289. The standard InChI is InChI=1S/C17H21NO/c1-12-8-13(2)10-15(9-12)16(18)11-19-17-7-5-4-6-14(17)3/h4-10,16H,11,18H2,1-3H3. The first kappa shape index (κ1) is 13.6. The summed E-state index contributed by atoms with van der Waals surface area (Å²) < 4.78 is 5.81. The van der Waals surface area contributed by atoms with E-state index in [1.54, 1.807) is 0 Å². The molecule has 2 heteroatoms. The minimum atomic E-state index is -0.0989. The predicted octanol–water partition coefficient (Wildman–Crippen LogP) is 3.69. The van der Waals surface area contributed by atoms with Crippen molar-refractivity contribution in [3.05, 3.63) is 64.7 Å². The van der Waals surface area contributed by atoms with Crippen LogP contribution >= 0.6 is 0 Å². The number of hydrogen-bond acceptors (Lipinski definition) is 2. The highest BCUT2D eigenvalue weighted by Crippen LogP contribution is 2.20. The lowest BCUT2D eigenvalue weighted by Gasteiger charge is -2.16. The molecule has 0 fully saturated rings. The molecule has 0 heterocycles. The molecule has 2 nitrogen and oxygen atoms in total. The Kier molecular flexibility index (Phi) is 4.23. The number of rotatable bonds is 4. The van der Waals surface area contributed by atoms with E-state index in [0.717, 1.165) is 16.9 Å². The molecule has 0 aliphatic heterocycles. The molecule has 0 aliphatic rings.